The fourth-order valence-electron chi connectivity index (χ4n) is 4.11. The molecule has 0 radical (unpaired) electrons. The van der Waals surface area contributed by atoms with Gasteiger partial charge in [0, 0.05) is 5.56 Å². The Labute approximate surface area is 131 Å². The predicted octanol–water partition coefficient (Wildman–Crippen LogP) is 6.07. The maximum absolute atomic E-state index is 14.3. The van der Waals surface area contributed by atoms with Gasteiger partial charge in [0.05, 0.1) is 0 Å². The third-order valence-corrected chi connectivity index (χ3v) is 5.39. The van der Waals surface area contributed by atoms with E-state index in [1.807, 2.05) is 0 Å². The maximum Gasteiger partial charge on any atom is 0.166 e. The predicted molar refractivity (Wildman–Crippen MR) is 87.5 cm³/mol. The van der Waals surface area contributed by atoms with Crippen LogP contribution in [-0.4, -0.2) is 0 Å². The Hall–Kier alpha value is -1.44. The minimum atomic E-state index is -0.712. The molecule has 1 saturated carbocycles. The van der Waals surface area contributed by atoms with Crippen LogP contribution in [0.15, 0.2) is 30.9 Å². The van der Waals surface area contributed by atoms with Crippen molar-refractivity contribution >= 4 is 5.57 Å². The second kappa shape index (κ2) is 6.76. The molecule has 1 atom stereocenters. The van der Waals surface area contributed by atoms with Crippen molar-refractivity contribution in [2.45, 2.75) is 51.4 Å². The van der Waals surface area contributed by atoms with Gasteiger partial charge in [0.25, 0.3) is 0 Å². The molecule has 0 aliphatic heterocycles. The molecule has 2 aliphatic carbocycles. The summed E-state index contributed by atoms with van der Waals surface area (Å²) >= 11 is 0. The third kappa shape index (κ3) is 3.02. The van der Waals surface area contributed by atoms with E-state index in [1.54, 1.807) is 18.2 Å². The van der Waals surface area contributed by atoms with E-state index in [0.717, 1.165) is 36.7 Å². The number of benzene rings is 1. The summed E-state index contributed by atoms with van der Waals surface area (Å²) in [5.41, 5.74) is 1.82. The van der Waals surface area contributed by atoms with E-state index < -0.39 is 11.6 Å². The average molecular weight is 302 g/mol. The van der Waals surface area contributed by atoms with Crippen molar-refractivity contribution in [2.24, 2.45) is 11.8 Å². The van der Waals surface area contributed by atoms with E-state index in [4.69, 9.17) is 0 Å². The Balaban J connectivity index is 1.77. The molecule has 0 saturated heterocycles. The maximum atomic E-state index is 14.3. The van der Waals surface area contributed by atoms with Crippen molar-refractivity contribution < 1.29 is 8.78 Å². The SMILES string of the molecule is C=CCc1ccc(C2=CCC(C3CCCC3)CC2)c(F)c1F. The van der Waals surface area contributed by atoms with Crippen LogP contribution in [0.2, 0.25) is 0 Å². The van der Waals surface area contributed by atoms with E-state index >= 15 is 0 Å². The van der Waals surface area contributed by atoms with Crippen LogP contribution in [0.3, 0.4) is 0 Å². The fourth-order valence-corrected chi connectivity index (χ4v) is 4.11. The Morgan fingerprint density at radius 1 is 1.05 bits per heavy atom. The van der Waals surface area contributed by atoms with Gasteiger partial charge in [-0.25, -0.2) is 8.78 Å². The molecule has 22 heavy (non-hydrogen) atoms. The molecule has 1 unspecified atom stereocenters. The highest BCUT2D eigenvalue weighted by Crippen LogP contribution is 2.41. The smallest absolute Gasteiger partial charge is 0.166 e. The minimum Gasteiger partial charge on any atom is -0.203 e. The average Bonchev–Trinajstić information content (AvgIpc) is 3.07. The number of hydrogen-bond donors (Lipinski definition) is 0. The molecule has 0 bridgehead atoms. The molecule has 0 nitrogen and oxygen atoms in total. The van der Waals surface area contributed by atoms with Crippen LogP contribution in [-0.2, 0) is 6.42 Å². The van der Waals surface area contributed by atoms with Crippen molar-refractivity contribution in [1.82, 2.24) is 0 Å². The van der Waals surface area contributed by atoms with E-state index in [-0.39, 0.29) is 0 Å². The van der Waals surface area contributed by atoms with Crippen molar-refractivity contribution in [2.75, 3.05) is 0 Å². The monoisotopic (exact) mass is 302 g/mol. The number of allylic oxidation sites excluding steroid dienone is 3. The Morgan fingerprint density at radius 3 is 2.45 bits per heavy atom. The standard InChI is InChI=1S/C20H24F2/c1-2-5-17-12-13-18(20(22)19(17)21)16-10-8-15(9-11-16)14-6-3-4-7-14/h2,10,12-15H,1,3-9,11H2. The second-order valence-corrected chi connectivity index (χ2v) is 6.70. The van der Waals surface area contributed by atoms with Crippen LogP contribution in [0.4, 0.5) is 8.78 Å². The first kappa shape index (κ1) is 15.5. The second-order valence-electron chi connectivity index (χ2n) is 6.70. The zero-order valence-corrected chi connectivity index (χ0v) is 13.1. The highest BCUT2D eigenvalue weighted by molar-refractivity contribution is 5.67. The molecule has 1 aromatic rings. The molecule has 0 aromatic heterocycles. The molecular formula is C20H24F2. The third-order valence-electron chi connectivity index (χ3n) is 5.39. The summed E-state index contributed by atoms with van der Waals surface area (Å²) < 4.78 is 28.4. The highest BCUT2D eigenvalue weighted by Gasteiger charge is 2.27. The summed E-state index contributed by atoms with van der Waals surface area (Å²) in [5, 5.41) is 0. The topological polar surface area (TPSA) is 0 Å². The lowest BCUT2D eigenvalue weighted by Crippen LogP contribution is -2.14. The molecule has 3 rings (SSSR count). The Bertz CT molecular complexity index is 580. The van der Waals surface area contributed by atoms with Gasteiger partial charge >= 0.3 is 0 Å². The van der Waals surface area contributed by atoms with Gasteiger partial charge in [-0.1, -0.05) is 50.0 Å². The molecular weight excluding hydrogens is 278 g/mol. The van der Waals surface area contributed by atoms with Crippen LogP contribution < -0.4 is 0 Å². The summed E-state index contributed by atoms with van der Waals surface area (Å²) in [7, 11) is 0. The van der Waals surface area contributed by atoms with E-state index in [0.29, 0.717) is 17.5 Å². The fraction of sp³-hybridized carbons (Fsp3) is 0.500. The summed E-state index contributed by atoms with van der Waals surface area (Å²) in [5.74, 6) is 0.203. The summed E-state index contributed by atoms with van der Waals surface area (Å²) in [6.07, 6.45) is 12.6. The summed E-state index contributed by atoms with van der Waals surface area (Å²) in [6.45, 7) is 3.58. The van der Waals surface area contributed by atoms with Gasteiger partial charge in [0.2, 0.25) is 0 Å². The molecule has 0 spiro atoms. The quantitative estimate of drug-likeness (QED) is 0.592. The van der Waals surface area contributed by atoms with Crippen molar-refractivity contribution in [1.29, 1.82) is 0 Å². The first-order chi connectivity index (χ1) is 10.7. The zero-order valence-electron chi connectivity index (χ0n) is 13.1. The van der Waals surface area contributed by atoms with Crippen LogP contribution in [0.25, 0.3) is 5.57 Å². The van der Waals surface area contributed by atoms with Crippen LogP contribution >= 0.6 is 0 Å². The van der Waals surface area contributed by atoms with Gasteiger partial charge in [-0.3, -0.25) is 0 Å². The van der Waals surface area contributed by atoms with Gasteiger partial charge in [-0.05, 0) is 48.7 Å². The lowest BCUT2D eigenvalue weighted by molar-refractivity contribution is 0.317. The summed E-state index contributed by atoms with van der Waals surface area (Å²) in [6, 6.07) is 3.43. The largest absolute Gasteiger partial charge is 0.203 e. The van der Waals surface area contributed by atoms with Crippen LogP contribution in [0.1, 0.15) is 56.1 Å². The lowest BCUT2D eigenvalue weighted by Gasteiger charge is -2.27. The van der Waals surface area contributed by atoms with E-state index in [9.17, 15) is 8.78 Å². The van der Waals surface area contributed by atoms with E-state index in [2.05, 4.69) is 12.7 Å². The first-order valence-electron chi connectivity index (χ1n) is 8.48. The van der Waals surface area contributed by atoms with Gasteiger partial charge < -0.3 is 0 Å². The highest BCUT2D eigenvalue weighted by atomic mass is 19.2. The number of hydrogen-bond acceptors (Lipinski definition) is 0. The first-order valence-corrected chi connectivity index (χ1v) is 8.48. The summed E-state index contributed by atoms with van der Waals surface area (Å²) in [4.78, 5) is 0. The molecule has 2 aliphatic rings. The minimum absolute atomic E-state index is 0.367. The molecule has 1 fully saturated rings. The van der Waals surface area contributed by atoms with Gasteiger partial charge in [0.15, 0.2) is 11.6 Å². The van der Waals surface area contributed by atoms with Crippen molar-refractivity contribution in [3.63, 3.8) is 0 Å². The number of halogens is 2. The van der Waals surface area contributed by atoms with E-state index in [1.165, 1.54) is 25.7 Å². The van der Waals surface area contributed by atoms with Crippen LogP contribution in [0, 0.1) is 23.5 Å². The van der Waals surface area contributed by atoms with Crippen molar-refractivity contribution in [3.05, 3.63) is 53.6 Å². The Morgan fingerprint density at radius 2 is 1.82 bits per heavy atom. The molecule has 1 aromatic carbocycles. The molecule has 118 valence electrons. The zero-order chi connectivity index (χ0) is 15.5. The Kier molecular flexibility index (Phi) is 4.75. The van der Waals surface area contributed by atoms with Gasteiger partial charge in [-0.2, -0.15) is 0 Å². The van der Waals surface area contributed by atoms with Crippen molar-refractivity contribution in [3.8, 4) is 0 Å². The molecule has 0 heterocycles. The van der Waals surface area contributed by atoms with Gasteiger partial charge in [0.1, 0.15) is 0 Å². The van der Waals surface area contributed by atoms with Crippen LogP contribution in [0.5, 0.6) is 0 Å². The number of rotatable bonds is 4. The van der Waals surface area contributed by atoms with Gasteiger partial charge in [-0.15, -0.1) is 6.58 Å². The normalized spacial score (nSPS) is 22.6. The molecule has 2 heteroatoms. The lowest BCUT2D eigenvalue weighted by atomic mass is 9.78. The molecule has 0 amide bonds. The molecule has 0 N–H and O–H groups in total.